The van der Waals surface area contributed by atoms with E-state index in [2.05, 4.69) is 203 Å². The van der Waals surface area contributed by atoms with Crippen molar-refractivity contribution in [2.24, 2.45) is 0 Å². The molecule has 0 aliphatic rings. The van der Waals surface area contributed by atoms with Crippen molar-refractivity contribution >= 4 is 33.6 Å². The van der Waals surface area contributed by atoms with Crippen molar-refractivity contribution in [2.75, 3.05) is 39.6 Å². The minimum Gasteiger partial charge on any atom is -0.463 e. The van der Waals surface area contributed by atoms with Crippen molar-refractivity contribution in [3.8, 4) is 0 Å². The molecular formula is C103H174O16P2. The minimum atomic E-state index is -4.95. The van der Waals surface area contributed by atoms with Crippen LogP contribution in [0.15, 0.2) is 182 Å². The van der Waals surface area contributed by atoms with E-state index in [1.165, 1.54) is 154 Å². The van der Waals surface area contributed by atoms with E-state index in [1.54, 1.807) is 0 Å². The number of hydrogen-bond donors (Lipinski definition) is 4. The van der Waals surface area contributed by atoms with Crippen LogP contribution >= 0.6 is 15.6 Å². The number of rotatable bonds is 90. The van der Waals surface area contributed by atoms with Crippen LogP contribution in [-0.4, -0.2) is 95.9 Å². The third-order valence-electron chi connectivity index (χ3n) is 20.1. The molecule has 0 amide bonds. The Balaban J connectivity index is 4.54. The molecule has 0 heterocycles. The monoisotopic (exact) mass is 1730 g/mol. The number of carbonyl (C=O) groups is 3. The van der Waals surface area contributed by atoms with Gasteiger partial charge in [0, 0.05) is 19.3 Å². The van der Waals surface area contributed by atoms with Crippen LogP contribution in [0.4, 0.5) is 0 Å². The quantitative estimate of drug-likeness (QED) is 0.0146. The Hall–Kier alpha value is -5.35. The van der Waals surface area contributed by atoms with E-state index in [4.69, 9.17) is 32.3 Å². The largest absolute Gasteiger partial charge is 0.472 e. The summed E-state index contributed by atoms with van der Waals surface area (Å²) in [6, 6.07) is 0. The number of ether oxygens (including phenoxy) is 3. The fourth-order valence-electron chi connectivity index (χ4n) is 12.9. The highest BCUT2D eigenvalue weighted by Crippen LogP contribution is 2.45. The summed E-state index contributed by atoms with van der Waals surface area (Å²) in [5.41, 5.74) is 0. The van der Waals surface area contributed by atoms with Gasteiger partial charge >= 0.3 is 33.6 Å². The van der Waals surface area contributed by atoms with Gasteiger partial charge in [0.1, 0.15) is 25.4 Å². The topological polar surface area (TPSA) is 231 Å². The lowest BCUT2D eigenvalue weighted by Crippen LogP contribution is -2.30. The van der Waals surface area contributed by atoms with Crippen molar-refractivity contribution in [1.82, 2.24) is 0 Å². The van der Waals surface area contributed by atoms with E-state index in [0.717, 1.165) is 180 Å². The summed E-state index contributed by atoms with van der Waals surface area (Å²) in [7, 11) is -9.82. The van der Waals surface area contributed by atoms with Gasteiger partial charge in [-0.2, -0.15) is 0 Å². The SMILES string of the molecule is CC/C=C\C/C=C\C/C=C\C/C=C\C/C=C\CCCCCCCCCCCCCCCCCCCCCC(=O)OCC(O)COP(=O)(O)OCC(O)COP(=O)(O)OCC(COC(=O)CCCCCCCCCCCCCCC/C=C\C/C=C\C/C=C\C/C=C\C/C=C\CC)OC(=O)CCCCCCC/C=C\C/C=C\C/C=C\C/C=C\C/C=C\CC. The van der Waals surface area contributed by atoms with Crippen molar-refractivity contribution in [3.63, 3.8) is 0 Å². The Morgan fingerprint density at radius 1 is 0.231 bits per heavy atom. The summed E-state index contributed by atoms with van der Waals surface area (Å²) in [4.78, 5) is 59.1. The number of esters is 3. The maximum Gasteiger partial charge on any atom is 0.472 e. The summed E-state index contributed by atoms with van der Waals surface area (Å²) in [6.07, 6.45) is 124. The molecule has 0 saturated carbocycles. The van der Waals surface area contributed by atoms with Crippen LogP contribution in [0, 0.1) is 0 Å². The summed E-state index contributed by atoms with van der Waals surface area (Å²) < 4.78 is 61.5. The molecule has 18 heteroatoms. The maximum atomic E-state index is 13.1. The van der Waals surface area contributed by atoms with Gasteiger partial charge < -0.3 is 34.2 Å². The van der Waals surface area contributed by atoms with E-state index in [9.17, 15) is 43.5 Å². The van der Waals surface area contributed by atoms with Crippen LogP contribution < -0.4 is 0 Å². The number of phosphoric ester groups is 2. The van der Waals surface area contributed by atoms with Crippen LogP contribution in [0.3, 0.4) is 0 Å². The van der Waals surface area contributed by atoms with Gasteiger partial charge in [0.2, 0.25) is 0 Å². The first-order valence-corrected chi connectivity index (χ1v) is 51.1. The van der Waals surface area contributed by atoms with Crippen molar-refractivity contribution in [1.29, 1.82) is 0 Å². The molecule has 121 heavy (non-hydrogen) atoms. The van der Waals surface area contributed by atoms with Gasteiger partial charge in [0.05, 0.1) is 26.4 Å². The van der Waals surface area contributed by atoms with Crippen LogP contribution in [0.5, 0.6) is 0 Å². The molecule has 0 saturated heterocycles. The van der Waals surface area contributed by atoms with Crippen LogP contribution in [0.25, 0.3) is 0 Å². The fourth-order valence-corrected chi connectivity index (χ4v) is 14.5. The molecule has 0 aliphatic carbocycles. The first kappa shape index (κ1) is 116. The van der Waals surface area contributed by atoms with E-state index >= 15 is 0 Å². The van der Waals surface area contributed by atoms with Gasteiger partial charge in [0.15, 0.2) is 6.10 Å². The molecule has 0 spiro atoms. The third-order valence-corrected chi connectivity index (χ3v) is 22.0. The fraction of sp³-hybridized carbons (Fsp3) is 0.680. The zero-order valence-electron chi connectivity index (χ0n) is 76.4. The van der Waals surface area contributed by atoms with Gasteiger partial charge in [0.25, 0.3) is 0 Å². The predicted molar refractivity (Wildman–Crippen MR) is 509 cm³/mol. The van der Waals surface area contributed by atoms with Crippen LogP contribution in [0.2, 0.25) is 0 Å². The Kier molecular flexibility index (Phi) is 89.6. The van der Waals surface area contributed by atoms with Gasteiger partial charge in [-0.3, -0.25) is 32.5 Å². The smallest absolute Gasteiger partial charge is 0.463 e. The van der Waals surface area contributed by atoms with Gasteiger partial charge in [-0.25, -0.2) is 9.13 Å². The Labute approximate surface area is 738 Å². The number of allylic oxidation sites excluding steroid dienone is 30. The number of aliphatic hydroxyl groups is 2. The number of hydrogen-bond acceptors (Lipinski definition) is 14. The van der Waals surface area contributed by atoms with E-state index in [0.29, 0.717) is 19.3 Å². The predicted octanol–water partition coefficient (Wildman–Crippen LogP) is 30.0. The highest BCUT2D eigenvalue weighted by molar-refractivity contribution is 7.47. The molecule has 0 radical (unpaired) electrons. The molecule has 5 unspecified atom stereocenters. The van der Waals surface area contributed by atoms with Crippen molar-refractivity contribution in [3.05, 3.63) is 182 Å². The molecule has 4 N–H and O–H groups in total. The lowest BCUT2D eigenvalue weighted by molar-refractivity contribution is -0.161. The summed E-state index contributed by atoms with van der Waals surface area (Å²) in [5, 5.41) is 20.8. The first-order valence-electron chi connectivity index (χ1n) is 48.1. The van der Waals surface area contributed by atoms with E-state index in [1.807, 2.05) is 0 Å². The minimum absolute atomic E-state index is 0.0779. The number of unbranched alkanes of at least 4 members (excludes halogenated alkanes) is 37. The molecule has 0 bridgehead atoms. The maximum absolute atomic E-state index is 13.1. The average molecular weight is 1730 g/mol. The highest BCUT2D eigenvalue weighted by atomic mass is 31.2. The molecule has 0 aliphatic heterocycles. The second-order valence-corrected chi connectivity index (χ2v) is 34.6. The highest BCUT2D eigenvalue weighted by Gasteiger charge is 2.30. The zero-order chi connectivity index (χ0) is 87.9. The Bertz CT molecular complexity index is 2930. The van der Waals surface area contributed by atoms with Crippen molar-refractivity contribution in [2.45, 2.75) is 411 Å². The zero-order valence-corrected chi connectivity index (χ0v) is 78.2. The van der Waals surface area contributed by atoms with E-state index in [-0.39, 0.29) is 19.3 Å². The summed E-state index contributed by atoms with van der Waals surface area (Å²) in [6.45, 7) is 2.37. The number of aliphatic hydroxyl groups excluding tert-OH is 2. The van der Waals surface area contributed by atoms with Crippen molar-refractivity contribution < 1.29 is 75.8 Å². The molecular weight excluding hydrogens is 1560 g/mol. The van der Waals surface area contributed by atoms with E-state index < -0.39 is 91.5 Å². The second-order valence-electron chi connectivity index (χ2n) is 31.7. The van der Waals surface area contributed by atoms with Crippen LogP contribution in [-0.2, 0) is 55.8 Å². The molecule has 0 aromatic rings. The average Bonchev–Trinajstić information content (AvgIpc) is 0.879. The third kappa shape index (κ3) is 95.2. The lowest BCUT2D eigenvalue weighted by atomic mass is 10.0. The molecule has 692 valence electrons. The lowest BCUT2D eigenvalue weighted by Gasteiger charge is -2.21. The molecule has 5 atom stereocenters. The van der Waals surface area contributed by atoms with Gasteiger partial charge in [-0.1, -0.05) is 402 Å². The molecule has 0 rings (SSSR count). The molecule has 0 aromatic heterocycles. The number of carbonyl (C=O) groups excluding carboxylic acids is 3. The number of phosphoric acid groups is 2. The first-order chi connectivity index (χ1) is 59.2. The summed E-state index contributed by atoms with van der Waals surface area (Å²) in [5.74, 6) is -1.59. The summed E-state index contributed by atoms with van der Waals surface area (Å²) >= 11 is 0. The normalized spacial score (nSPS) is 14.5. The standard InChI is InChI=1S/C103H174O16P2/c1-4-7-10-13-16-19-22-25-28-31-34-37-39-41-43-45-46-47-48-49-50-52-54-55-57-60-62-65-68-71-74-77-80-83-86-89-101(106)113-92-98(104)93-115-120(109,110)116-94-99(105)95-117-121(111,112)118-97-100(119-103(108)91-88-85-82-79-76-73-70-67-64-59-36-33-30-27-24-21-18-15-12-9-6-3)96-114-102(107)90-87-84-81-78-75-72-69-66-63-61-58-56-53-51-44-42-40-38-35-32-29-26-23-20-17-14-11-8-5-2/h7-12,16-21,25-30,34-38,41-44,59,67,70,98-100,104-105H,4-6,13-15,22-24,31-33,39-40,45-58,60-66,68-69,71-97H2,1-3H3,(H,109,110)(H,111,112)/b10-7-,11-8-,12-9-,19-16-,20-17-,21-18-,28-25-,29-26-,30-27-,37-34-,38-35-,43-41-,44-42-,59-36-,70-67-. The molecule has 16 nitrogen and oxygen atoms in total. The molecule has 0 aromatic carbocycles. The second kappa shape index (κ2) is 93.8. The van der Waals surface area contributed by atoms with Crippen LogP contribution in [0.1, 0.15) is 393 Å². The molecule has 0 fully saturated rings. The Morgan fingerprint density at radius 2 is 0.413 bits per heavy atom. The van der Waals surface area contributed by atoms with Gasteiger partial charge in [-0.05, 0) is 154 Å². The van der Waals surface area contributed by atoms with Gasteiger partial charge in [-0.15, -0.1) is 0 Å². The Morgan fingerprint density at radius 3 is 0.653 bits per heavy atom.